The summed E-state index contributed by atoms with van der Waals surface area (Å²) in [6.45, 7) is 0.0654. The summed E-state index contributed by atoms with van der Waals surface area (Å²) in [6, 6.07) is 5.04. The van der Waals surface area contributed by atoms with E-state index in [1.54, 1.807) is 0 Å². The van der Waals surface area contributed by atoms with Gasteiger partial charge in [0.15, 0.2) is 0 Å². The van der Waals surface area contributed by atoms with Gasteiger partial charge < -0.3 is 10.1 Å². The Bertz CT molecular complexity index is 703. The van der Waals surface area contributed by atoms with Crippen molar-refractivity contribution in [2.75, 3.05) is 13.2 Å². The number of amides is 1. The van der Waals surface area contributed by atoms with Crippen molar-refractivity contribution in [1.29, 1.82) is 0 Å². The quantitative estimate of drug-likeness (QED) is 0.364. The molecular weight excluding hydrogens is 304 g/mol. The second kappa shape index (κ2) is 7.59. The summed E-state index contributed by atoms with van der Waals surface area (Å²) in [5, 5.41) is 13.0. The van der Waals surface area contributed by atoms with Gasteiger partial charge in [-0.05, 0) is 12.1 Å². The smallest absolute Gasteiger partial charge is 0.338 e. The van der Waals surface area contributed by atoms with E-state index in [0.29, 0.717) is 0 Å². The van der Waals surface area contributed by atoms with Crippen molar-refractivity contribution in [2.45, 2.75) is 0 Å². The number of non-ortho nitro benzene ring substituents is 1. The highest BCUT2D eigenvalue weighted by Gasteiger charge is 2.11. The lowest BCUT2D eigenvalue weighted by Gasteiger charge is -2.06. The summed E-state index contributed by atoms with van der Waals surface area (Å²) in [6.07, 6.45) is 4.16. The van der Waals surface area contributed by atoms with Crippen molar-refractivity contribution in [2.24, 2.45) is 0 Å². The number of carbonyl (C=O) groups excluding carboxylic acids is 2. The monoisotopic (exact) mass is 316 g/mol. The lowest BCUT2D eigenvalue weighted by atomic mass is 10.2. The topological polar surface area (TPSA) is 124 Å². The van der Waals surface area contributed by atoms with Gasteiger partial charge in [0.25, 0.3) is 11.6 Å². The first-order valence-corrected chi connectivity index (χ1v) is 6.53. The van der Waals surface area contributed by atoms with Crippen LogP contribution in [0.1, 0.15) is 20.8 Å². The number of aromatic nitrogens is 2. The molecule has 1 aromatic carbocycles. The van der Waals surface area contributed by atoms with Gasteiger partial charge in [-0.3, -0.25) is 19.9 Å². The number of carbonyl (C=O) groups is 2. The maximum absolute atomic E-state index is 11.7. The molecule has 1 heterocycles. The number of nitro benzene ring substituents is 1. The predicted molar refractivity (Wildman–Crippen MR) is 77.7 cm³/mol. The number of nitro groups is 1. The Morgan fingerprint density at radius 2 is 1.96 bits per heavy atom. The van der Waals surface area contributed by atoms with Gasteiger partial charge in [0.2, 0.25) is 0 Å². The third-order valence-corrected chi connectivity index (χ3v) is 2.73. The van der Waals surface area contributed by atoms with E-state index in [0.717, 1.165) is 0 Å². The Morgan fingerprint density at radius 1 is 1.22 bits per heavy atom. The molecule has 118 valence electrons. The minimum Gasteiger partial charge on any atom is -0.460 e. The summed E-state index contributed by atoms with van der Waals surface area (Å²) in [5.74, 6) is -1.06. The highest BCUT2D eigenvalue weighted by Crippen LogP contribution is 2.12. The van der Waals surface area contributed by atoms with Gasteiger partial charge in [0.1, 0.15) is 12.3 Å². The second-order valence-corrected chi connectivity index (χ2v) is 4.29. The van der Waals surface area contributed by atoms with Gasteiger partial charge in [-0.15, -0.1) is 0 Å². The second-order valence-electron chi connectivity index (χ2n) is 4.29. The highest BCUT2D eigenvalue weighted by molar-refractivity contribution is 5.92. The first-order valence-electron chi connectivity index (χ1n) is 6.53. The Morgan fingerprint density at radius 3 is 2.57 bits per heavy atom. The molecule has 9 nitrogen and oxygen atoms in total. The molecule has 0 saturated carbocycles. The molecule has 2 rings (SSSR count). The molecular formula is C14H12N4O5. The van der Waals surface area contributed by atoms with Crippen LogP contribution in [0.25, 0.3) is 0 Å². The number of rotatable bonds is 6. The number of hydrogen-bond donors (Lipinski definition) is 1. The van der Waals surface area contributed by atoms with E-state index in [9.17, 15) is 19.7 Å². The zero-order chi connectivity index (χ0) is 16.7. The molecule has 1 aromatic heterocycles. The summed E-state index contributed by atoms with van der Waals surface area (Å²) in [7, 11) is 0. The first-order chi connectivity index (χ1) is 11.1. The Balaban J connectivity index is 1.76. The van der Waals surface area contributed by atoms with E-state index in [-0.39, 0.29) is 30.1 Å². The van der Waals surface area contributed by atoms with E-state index < -0.39 is 16.8 Å². The van der Waals surface area contributed by atoms with Crippen molar-refractivity contribution in [3.8, 4) is 0 Å². The van der Waals surface area contributed by atoms with E-state index in [4.69, 9.17) is 4.74 Å². The van der Waals surface area contributed by atoms with Gasteiger partial charge in [0.05, 0.1) is 23.2 Å². The maximum Gasteiger partial charge on any atom is 0.338 e. The third kappa shape index (κ3) is 4.56. The molecule has 0 bridgehead atoms. The first kappa shape index (κ1) is 16.0. The van der Waals surface area contributed by atoms with E-state index >= 15 is 0 Å². The van der Waals surface area contributed by atoms with Crippen LogP contribution in [-0.2, 0) is 4.74 Å². The van der Waals surface area contributed by atoms with Crippen LogP contribution in [0.4, 0.5) is 5.69 Å². The van der Waals surface area contributed by atoms with E-state index in [2.05, 4.69) is 15.3 Å². The summed E-state index contributed by atoms with van der Waals surface area (Å²) in [5.41, 5.74) is 0.239. The summed E-state index contributed by atoms with van der Waals surface area (Å²) < 4.78 is 4.96. The molecule has 0 atom stereocenters. The van der Waals surface area contributed by atoms with Gasteiger partial charge in [-0.1, -0.05) is 0 Å². The van der Waals surface area contributed by atoms with Crippen molar-refractivity contribution in [3.05, 3.63) is 64.2 Å². The average Bonchev–Trinajstić information content (AvgIpc) is 2.59. The molecule has 9 heteroatoms. The number of nitrogens with one attached hydrogen (secondary N) is 1. The van der Waals surface area contributed by atoms with Crippen molar-refractivity contribution in [1.82, 2.24) is 15.3 Å². The molecule has 2 aromatic rings. The molecule has 1 N–H and O–H groups in total. The summed E-state index contributed by atoms with van der Waals surface area (Å²) >= 11 is 0. The van der Waals surface area contributed by atoms with Gasteiger partial charge >= 0.3 is 5.97 Å². The fourth-order valence-corrected chi connectivity index (χ4v) is 1.62. The standard InChI is InChI=1S/C14H12N4O5/c19-13(12-9-15-5-6-16-12)17-7-8-23-14(20)10-1-3-11(4-2-10)18(21)22/h1-6,9H,7-8H2,(H,17,19). The minimum atomic E-state index is -0.631. The molecule has 23 heavy (non-hydrogen) atoms. The fourth-order valence-electron chi connectivity index (χ4n) is 1.62. The number of benzene rings is 1. The molecule has 0 aliphatic heterocycles. The zero-order valence-electron chi connectivity index (χ0n) is 11.8. The molecule has 0 saturated heterocycles. The van der Waals surface area contributed by atoms with Crippen LogP contribution < -0.4 is 5.32 Å². The van der Waals surface area contributed by atoms with Crippen LogP contribution in [0, 0.1) is 10.1 Å². The normalized spacial score (nSPS) is 9.91. The van der Waals surface area contributed by atoms with Crippen molar-refractivity contribution < 1.29 is 19.2 Å². The lowest BCUT2D eigenvalue weighted by molar-refractivity contribution is -0.384. The fraction of sp³-hybridized carbons (Fsp3) is 0.143. The molecule has 0 fully saturated rings. The van der Waals surface area contributed by atoms with Gasteiger partial charge in [0, 0.05) is 24.5 Å². The SMILES string of the molecule is O=C(OCCNC(=O)c1cnccn1)c1ccc([N+](=O)[O-])cc1. The van der Waals surface area contributed by atoms with Gasteiger partial charge in [-0.25, -0.2) is 9.78 Å². The Labute approximate surface area is 130 Å². The highest BCUT2D eigenvalue weighted by atomic mass is 16.6. The molecule has 0 unspecified atom stereocenters. The van der Waals surface area contributed by atoms with E-state index in [1.165, 1.54) is 42.9 Å². The van der Waals surface area contributed by atoms with Crippen LogP contribution in [0.3, 0.4) is 0 Å². The lowest BCUT2D eigenvalue weighted by Crippen LogP contribution is -2.28. The van der Waals surface area contributed by atoms with Crippen molar-refractivity contribution in [3.63, 3.8) is 0 Å². The molecule has 0 aliphatic carbocycles. The van der Waals surface area contributed by atoms with Crippen LogP contribution in [-0.4, -0.2) is 39.9 Å². The summed E-state index contributed by atoms with van der Waals surface area (Å²) in [4.78, 5) is 40.9. The average molecular weight is 316 g/mol. The zero-order valence-corrected chi connectivity index (χ0v) is 11.8. The Hall–Kier alpha value is -3.36. The number of esters is 1. The number of hydrogen-bond acceptors (Lipinski definition) is 7. The molecule has 0 radical (unpaired) electrons. The Kier molecular flexibility index (Phi) is 5.29. The predicted octanol–water partition coefficient (Wildman–Crippen LogP) is 0.972. The number of nitrogens with zero attached hydrogens (tertiary/aromatic N) is 3. The molecule has 1 amide bonds. The maximum atomic E-state index is 11.7. The number of ether oxygens (including phenoxy) is 1. The van der Waals surface area contributed by atoms with Crippen LogP contribution >= 0.6 is 0 Å². The van der Waals surface area contributed by atoms with Crippen LogP contribution in [0.2, 0.25) is 0 Å². The molecule has 0 spiro atoms. The van der Waals surface area contributed by atoms with Crippen LogP contribution in [0.15, 0.2) is 42.9 Å². The minimum absolute atomic E-state index is 0.0399. The third-order valence-electron chi connectivity index (χ3n) is 2.73. The van der Waals surface area contributed by atoms with Crippen LogP contribution in [0.5, 0.6) is 0 Å². The largest absolute Gasteiger partial charge is 0.460 e. The molecule has 0 aliphatic rings. The van der Waals surface area contributed by atoms with E-state index in [1.807, 2.05) is 0 Å². The van der Waals surface area contributed by atoms with Gasteiger partial charge in [-0.2, -0.15) is 0 Å². The van der Waals surface area contributed by atoms with Crippen molar-refractivity contribution >= 4 is 17.6 Å².